The highest BCUT2D eigenvalue weighted by molar-refractivity contribution is 5.25. The van der Waals surface area contributed by atoms with Crippen molar-refractivity contribution in [3.8, 4) is 0 Å². The van der Waals surface area contributed by atoms with Crippen LogP contribution in [0, 0.1) is 6.92 Å². The molecule has 1 fully saturated rings. The minimum atomic E-state index is -2.61. The Morgan fingerprint density at radius 1 is 1.54 bits per heavy atom. The van der Waals surface area contributed by atoms with E-state index in [2.05, 4.69) is 9.97 Å². The smallest absolute Gasteiger partial charge is 0.252 e. The van der Waals surface area contributed by atoms with Gasteiger partial charge in [-0.15, -0.1) is 0 Å². The molecule has 0 spiro atoms. The van der Waals surface area contributed by atoms with Crippen LogP contribution in [0.15, 0.2) is 6.33 Å². The maximum Gasteiger partial charge on any atom is 0.252 e. The molecule has 72 valence electrons. The summed E-state index contributed by atoms with van der Waals surface area (Å²) in [5.74, 6) is -2.61. The van der Waals surface area contributed by atoms with Crippen LogP contribution in [0.3, 0.4) is 0 Å². The summed E-state index contributed by atoms with van der Waals surface area (Å²) < 4.78 is 25.3. The van der Waals surface area contributed by atoms with Gasteiger partial charge in [-0.25, -0.2) is 13.8 Å². The first-order valence-corrected chi connectivity index (χ1v) is 4.10. The Hall–Kier alpha value is -0.970. The molecule has 0 unspecified atom stereocenters. The summed E-state index contributed by atoms with van der Waals surface area (Å²) in [6.45, 7) is 1.79. The van der Waals surface area contributed by atoms with Gasteiger partial charge in [-0.2, -0.15) is 0 Å². The SMILES string of the molecule is Cc1[nH]cnc1C1(N)CC(F)(F)C1. The number of aromatic nitrogens is 2. The van der Waals surface area contributed by atoms with Crippen molar-refractivity contribution in [2.45, 2.75) is 31.2 Å². The van der Waals surface area contributed by atoms with Crippen molar-refractivity contribution in [3.05, 3.63) is 17.7 Å². The Kier molecular flexibility index (Phi) is 1.52. The minimum absolute atomic E-state index is 0.300. The summed E-state index contributed by atoms with van der Waals surface area (Å²) >= 11 is 0. The van der Waals surface area contributed by atoms with E-state index in [1.807, 2.05) is 0 Å². The quantitative estimate of drug-likeness (QED) is 0.696. The molecule has 5 heteroatoms. The molecule has 0 aliphatic heterocycles. The molecule has 0 radical (unpaired) electrons. The fraction of sp³-hybridized carbons (Fsp3) is 0.625. The molecule has 13 heavy (non-hydrogen) atoms. The van der Waals surface area contributed by atoms with E-state index in [1.54, 1.807) is 6.92 Å². The number of nitrogens with one attached hydrogen (secondary N) is 1. The summed E-state index contributed by atoms with van der Waals surface area (Å²) in [4.78, 5) is 6.80. The molecule has 0 atom stereocenters. The number of nitrogens with zero attached hydrogens (tertiary/aromatic N) is 1. The van der Waals surface area contributed by atoms with Gasteiger partial charge in [0.2, 0.25) is 0 Å². The van der Waals surface area contributed by atoms with E-state index < -0.39 is 11.5 Å². The number of rotatable bonds is 1. The number of aryl methyl sites for hydroxylation is 1. The van der Waals surface area contributed by atoms with E-state index >= 15 is 0 Å². The zero-order valence-electron chi connectivity index (χ0n) is 7.27. The Balaban J connectivity index is 2.25. The third-order valence-corrected chi connectivity index (χ3v) is 2.45. The molecular weight excluding hydrogens is 176 g/mol. The molecular formula is C8H11F2N3. The Morgan fingerprint density at radius 2 is 2.15 bits per heavy atom. The van der Waals surface area contributed by atoms with Gasteiger partial charge in [0.15, 0.2) is 0 Å². The molecule has 1 saturated carbocycles. The number of imidazole rings is 1. The van der Waals surface area contributed by atoms with E-state index in [0.717, 1.165) is 5.69 Å². The molecule has 0 saturated heterocycles. The van der Waals surface area contributed by atoms with Crippen molar-refractivity contribution in [3.63, 3.8) is 0 Å². The van der Waals surface area contributed by atoms with E-state index in [-0.39, 0.29) is 12.8 Å². The van der Waals surface area contributed by atoms with Crippen LogP contribution in [-0.2, 0) is 5.54 Å². The van der Waals surface area contributed by atoms with Gasteiger partial charge in [0.25, 0.3) is 5.92 Å². The maximum atomic E-state index is 12.6. The molecule has 3 nitrogen and oxygen atoms in total. The first-order chi connectivity index (χ1) is 5.93. The van der Waals surface area contributed by atoms with Gasteiger partial charge in [0, 0.05) is 18.5 Å². The van der Waals surface area contributed by atoms with Gasteiger partial charge in [0.05, 0.1) is 17.6 Å². The lowest BCUT2D eigenvalue weighted by molar-refractivity contribution is -0.126. The highest BCUT2D eigenvalue weighted by Crippen LogP contribution is 2.49. The van der Waals surface area contributed by atoms with Crippen molar-refractivity contribution in [2.75, 3.05) is 0 Å². The predicted molar refractivity (Wildman–Crippen MR) is 43.4 cm³/mol. The molecule has 1 aromatic rings. The maximum absolute atomic E-state index is 12.6. The number of halogens is 2. The predicted octanol–water partition coefficient (Wildman–Crippen LogP) is 1.30. The van der Waals surface area contributed by atoms with Crippen LogP contribution in [-0.4, -0.2) is 15.9 Å². The number of hydrogen-bond acceptors (Lipinski definition) is 2. The monoisotopic (exact) mass is 187 g/mol. The second-order valence-electron chi connectivity index (χ2n) is 3.74. The first kappa shape index (κ1) is 8.62. The highest BCUT2D eigenvalue weighted by atomic mass is 19.3. The zero-order chi connectivity index (χ0) is 9.69. The third kappa shape index (κ3) is 1.23. The summed E-state index contributed by atoms with van der Waals surface area (Å²) in [6, 6.07) is 0. The van der Waals surface area contributed by atoms with Gasteiger partial charge in [-0.3, -0.25) is 0 Å². The molecule has 3 N–H and O–H groups in total. The largest absolute Gasteiger partial charge is 0.348 e. The Labute approximate surface area is 74.4 Å². The molecule has 1 aliphatic carbocycles. The topological polar surface area (TPSA) is 54.7 Å². The van der Waals surface area contributed by atoms with Gasteiger partial charge >= 0.3 is 0 Å². The van der Waals surface area contributed by atoms with Crippen LogP contribution in [0.5, 0.6) is 0 Å². The number of hydrogen-bond donors (Lipinski definition) is 2. The second-order valence-corrected chi connectivity index (χ2v) is 3.74. The molecule has 1 aliphatic rings. The van der Waals surface area contributed by atoms with Crippen molar-refractivity contribution in [2.24, 2.45) is 5.73 Å². The minimum Gasteiger partial charge on any atom is -0.348 e. The lowest BCUT2D eigenvalue weighted by Gasteiger charge is -2.43. The van der Waals surface area contributed by atoms with Crippen molar-refractivity contribution >= 4 is 0 Å². The van der Waals surface area contributed by atoms with Crippen LogP contribution < -0.4 is 5.73 Å². The van der Waals surface area contributed by atoms with Crippen LogP contribution in [0.25, 0.3) is 0 Å². The van der Waals surface area contributed by atoms with E-state index in [0.29, 0.717) is 5.69 Å². The van der Waals surface area contributed by atoms with Crippen molar-refractivity contribution in [1.82, 2.24) is 9.97 Å². The van der Waals surface area contributed by atoms with Crippen molar-refractivity contribution in [1.29, 1.82) is 0 Å². The Morgan fingerprint density at radius 3 is 2.54 bits per heavy atom. The molecule has 2 rings (SSSR count). The Bertz CT molecular complexity index is 324. The molecule has 0 bridgehead atoms. The normalized spacial score (nSPS) is 24.0. The van der Waals surface area contributed by atoms with Crippen LogP contribution in [0.2, 0.25) is 0 Å². The zero-order valence-corrected chi connectivity index (χ0v) is 7.27. The number of H-pyrrole nitrogens is 1. The summed E-state index contributed by atoms with van der Waals surface area (Å²) in [7, 11) is 0. The highest BCUT2D eigenvalue weighted by Gasteiger charge is 2.56. The number of alkyl halides is 2. The molecule has 0 amide bonds. The standard InChI is InChI=1S/C8H11F2N3/c1-5-6(13-4-12-5)7(11)2-8(9,10)3-7/h4H,2-3,11H2,1H3,(H,12,13). The fourth-order valence-electron chi connectivity index (χ4n) is 1.90. The van der Waals surface area contributed by atoms with E-state index in [4.69, 9.17) is 5.73 Å². The lowest BCUT2D eigenvalue weighted by Crippen LogP contribution is -2.56. The third-order valence-electron chi connectivity index (χ3n) is 2.45. The van der Waals surface area contributed by atoms with E-state index in [1.165, 1.54) is 6.33 Å². The van der Waals surface area contributed by atoms with Crippen LogP contribution in [0.1, 0.15) is 24.2 Å². The molecule has 1 aromatic heterocycles. The number of aromatic amines is 1. The number of nitrogens with two attached hydrogens (primary N) is 1. The van der Waals surface area contributed by atoms with Gasteiger partial charge in [-0.1, -0.05) is 0 Å². The fourth-order valence-corrected chi connectivity index (χ4v) is 1.90. The van der Waals surface area contributed by atoms with Crippen LogP contribution in [0.4, 0.5) is 8.78 Å². The summed E-state index contributed by atoms with van der Waals surface area (Å²) in [6.07, 6.45) is 0.882. The summed E-state index contributed by atoms with van der Waals surface area (Å²) in [5, 5.41) is 0. The average molecular weight is 187 g/mol. The summed E-state index contributed by atoms with van der Waals surface area (Å²) in [5.41, 5.74) is 6.20. The van der Waals surface area contributed by atoms with Crippen LogP contribution >= 0.6 is 0 Å². The van der Waals surface area contributed by atoms with Gasteiger partial charge < -0.3 is 10.7 Å². The molecule has 1 heterocycles. The molecule has 0 aromatic carbocycles. The van der Waals surface area contributed by atoms with Gasteiger partial charge in [0.1, 0.15) is 0 Å². The van der Waals surface area contributed by atoms with Crippen molar-refractivity contribution < 1.29 is 8.78 Å². The lowest BCUT2D eigenvalue weighted by atomic mass is 9.71. The van der Waals surface area contributed by atoms with Gasteiger partial charge in [-0.05, 0) is 6.92 Å². The first-order valence-electron chi connectivity index (χ1n) is 4.10. The second kappa shape index (κ2) is 2.29. The van der Waals surface area contributed by atoms with E-state index in [9.17, 15) is 8.78 Å². The average Bonchev–Trinajstić information content (AvgIpc) is 2.30.